The number of nitrogens with zero attached hydrogens (tertiary/aromatic N) is 4. The lowest BCUT2D eigenvalue weighted by Crippen LogP contribution is -2.31. The van der Waals surface area contributed by atoms with Gasteiger partial charge in [0.2, 0.25) is 5.91 Å². The van der Waals surface area contributed by atoms with E-state index >= 15 is 0 Å². The molecule has 1 aliphatic heterocycles. The van der Waals surface area contributed by atoms with Crippen LogP contribution in [0, 0.1) is 5.82 Å². The van der Waals surface area contributed by atoms with E-state index in [-0.39, 0.29) is 18.3 Å². The molecule has 104 valence electrons. The number of halogens is 1. The molecule has 3 rings (SSSR count). The zero-order chi connectivity index (χ0) is 13.9. The third kappa shape index (κ3) is 2.68. The quantitative estimate of drug-likeness (QED) is 0.851. The molecule has 1 saturated heterocycles. The number of benzene rings is 1. The van der Waals surface area contributed by atoms with Crippen molar-refractivity contribution in [1.82, 2.24) is 19.7 Å². The van der Waals surface area contributed by atoms with Crippen molar-refractivity contribution >= 4 is 5.91 Å². The molecule has 20 heavy (non-hydrogen) atoms. The lowest BCUT2D eigenvalue weighted by Gasteiger charge is -2.16. The van der Waals surface area contributed by atoms with E-state index in [0.717, 1.165) is 18.5 Å². The highest BCUT2D eigenvalue weighted by Gasteiger charge is 2.27. The number of hydrogen-bond acceptors (Lipinski definition) is 3. The van der Waals surface area contributed by atoms with Gasteiger partial charge >= 0.3 is 0 Å². The second kappa shape index (κ2) is 5.40. The van der Waals surface area contributed by atoms with Gasteiger partial charge < -0.3 is 9.47 Å². The molecule has 5 nitrogen and oxygen atoms in total. The molecule has 1 amide bonds. The summed E-state index contributed by atoms with van der Waals surface area (Å²) in [5.74, 6) is 0.127. The van der Waals surface area contributed by atoms with Crippen molar-refractivity contribution in [2.24, 2.45) is 0 Å². The zero-order valence-electron chi connectivity index (χ0n) is 10.9. The Morgan fingerprint density at radius 1 is 1.25 bits per heavy atom. The van der Waals surface area contributed by atoms with Gasteiger partial charge in [0.05, 0.1) is 0 Å². The molecule has 6 heteroatoms. The average Bonchev–Trinajstić information content (AvgIpc) is 3.10. The molecular formula is C14H15FN4O. The second-order valence-corrected chi connectivity index (χ2v) is 5.01. The Kier molecular flexibility index (Phi) is 3.45. The number of carbonyl (C=O) groups excluding carboxylic acids is 1. The van der Waals surface area contributed by atoms with Crippen molar-refractivity contribution in [2.75, 3.05) is 13.1 Å². The molecule has 1 fully saturated rings. The van der Waals surface area contributed by atoms with Crippen LogP contribution in [0.15, 0.2) is 36.9 Å². The van der Waals surface area contributed by atoms with Crippen molar-refractivity contribution < 1.29 is 9.18 Å². The first-order valence-corrected chi connectivity index (χ1v) is 6.58. The van der Waals surface area contributed by atoms with Gasteiger partial charge in [-0.1, -0.05) is 12.1 Å². The highest BCUT2D eigenvalue weighted by atomic mass is 19.1. The third-order valence-corrected chi connectivity index (χ3v) is 3.67. The second-order valence-electron chi connectivity index (χ2n) is 5.01. The molecule has 0 radical (unpaired) electrons. The van der Waals surface area contributed by atoms with E-state index in [2.05, 4.69) is 10.2 Å². The van der Waals surface area contributed by atoms with Gasteiger partial charge in [-0.15, -0.1) is 10.2 Å². The fourth-order valence-electron chi connectivity index (χ4n) is 2.55. The summed E-state index contributed by atoms with van der Waals surface area (Å²) in [5, 5.41) is 7.36. The van der Waals surface area contributed by atoms with Crippen LogP contribution < -0.4 is 0 Å². The molecule has 0 bridgehead atoms. The number of aromatic nitrogens is 3. The largest absolute Gasteiger partial charge is 0.341 e. The molecule has 0 N–H and O–H groups in total. The summed E-state index contributed by atoms with van der Waals surface area (Å²) < 4.78 is 14.6. The minimum absolute atomic E-state index is 0.0643. The Morgan fingerprint density at radius 2 is 1.95 bits per heavy atom. The highest BCUT2D eigenvalue weighted by Crippen LogP contribution is 2.27. The molecule has 2 aromatic rings. The Bertz CT molecular complexity index is 582. The molecule has 0 aliphatic carbocycles. The maximum atomic E-state index is 12.9. The smallest absolute Gasteiger partial charge is 0.242 e. The third-order valence-electron chi connectivity index (χ3n) is 3.67. The Hall–Kier alpha value is -2.24. The fraction of sp³-hybridized carbons (Fsp3) is 0.357. The molecule has 1 aromatic heterocycles. The lowest BCUT2D eigenvalue weighted by atomic mass is 9.99. The Morgan fingerprint density at radius 3 is 2.65 bits per heavy atom. The molecule has 1 aromatic carbocycles. The monoisotopic (exact) mass is 274 g/mol. The predicted molar refractivity (Wildman–Crippen MR) is 70.4 cm³/mol. The average molecular weight is 274 g/mol. The molecule has 1 atom stereocenters. The van der Waals surface area contributed by atoms with Gasteiger partial charge in [0.1, 0.15) is 25.0 Å². The van der Waals surface area contributed by atoms with Gasteiger partial charge in [-0.25, -0.2) is 4.39 Å². The van der Waals surface area contributed by atoms with Crippen LogP contribution in [-0.2, 0) is 11.3 Å². The maximum absolute atomic E-state index is 12.9. The first-order chi connectivity index (χ1) is 9.72. The van der Waals surface area contributed by atoms with Crippen LogP contribution in [-0.4, -0.2) is 38.7 Å². The van der Waals surface area contributed by atoms with Crippen molar-refractivity contribution in [3.63, 3.8) is 0 Å². The first-order valence-electron chi connectivity index (χ1n) is 6.58. The first kappa shape index (κ1) is 12.8. The van der Waals surface area contributed by atoms with Gasteiger partial charge in [-0.2, -0.15) is 0 Å². The summed E-state index contributed by atoms with van der Waals surface area (Å²) in [6, 6.07) is 6.54. The van der Waals surface area contributed by atoms with Crippen LogP contribution in [0.4, 0.5) is 4.39 Å². The molecule has 0 saturated carbocycles. The van der Waals surface area contributed by atoms with Crippen molar-refractivity contribution in [2.45, 2.75) is 18.9 Å². The Balaban J connectivity index is 1.61. The predicted octanol–water partition coefficient (Wildman–Crippen LogP) is 1.43. The lowest BCUT2D eigenvalue weighted by molar-refractivity contribution is -0.130. The summed E-state index contributed by atoms with van der Waals surface area (Å²) in [6.07, 6.45) is 3.98. The number of likely N-dealkylation sites (tertiary alicyclic amines) is 1. The van der Waals surface area contributed by atoms with Gasteiger partial charge in [0.15, 0.2) is 0 Å². The van der Waals surface area contributed by atoms with Crippen molar-refractivity contribution in [3.05, 3.63) is 48.3 Å². The normalized spacial score (nSPS) is 18.4. The summed E-state index contributed by atoms with van der Waals surface area (Å²) in [6.45, 7) is 1.69. The Labute approximate surface area is 116 Å². The van der Waals surface area contributed by atoms with E-state index in [0.29, 0.717) is 12.5 Å². The summed E-state index contributed by atoms with van der Waals surface area (Å²) >= 11 is 0. The number of hydrogen-bond donors (Lipinski definition) is 0. The van der Waals surface area contributed by atoms with E-state index in [1.165, 1.54) is 24.8 Å². The van der Waals surface area contributed by atoms with E-state index < -0.39 is 0 Å². The number of rotatable bonds is 3. The highest BCUT2D eigenvalue weighted by molar-refractivity contribution is 5.76. The minimum Gasteiger partial charge on any atom is -0.341 e. The summed E-state index contributed by atoms with van der Waals surface area (Å²) in [4.78, 5) is 14.0. The van der Waals surface area contributed by atoms with Crippen molar-refractivity contribution in [3.8, 4) is 0 Å². The molecular weight excluding hydrogens is 259 g/mol. The van der Waals surface area contributed by atoms with Gasteiger partial charge in [-0.3, -0.25) is 4.79 Å². The van der Waals surface area contributed by atoms with Gasteiger partial charge in [0, 0.05) is 19.0 Å². The van der Waals surface area contributed by atoms with Crippen LogP contribution in [0.3, 0.4) is 0 Å². The molecule has 0 spiro atoms. The molecule has 2 heterocycles. The maximum Gasteiger partial charge on any atom is 0.242 e. The minimum atomic E-state index is -0.229. The number of carbonyl (C=O) groups is 1. The van der Waals surface area contributed by atoms with Crippen LogP contribution in [0.2, 0.25) is 0 Å². The van der Waals surface area contributed by atoms with Crippen LogP contribution in [0.1, 0.15) is 17.9 Å². The standard InChI is InChI=1S/C14H15FN4O/c15-13-3-1-11(2-4-13)12-5-6-19(7-12)14(20)8-18-9-16-17-10-18/h1-4,9-10,12H,5-8H2. The summed E-state index contributed by atoms with van der Waals surface area (Å²) in [7, 11) is 0. The molecule has 1 aliphatic rings. The van der Waals surface area contributed by atoms with Crippen LogP contribution in [0.25, 0.3) is 0 Å². The van der Waals surface area contributed by atoms with E-state index in [1.807, 2.05) is 4.90 Å². The van der Waals surface area contributed by atoms with Crippen LogP contribution >= 0.6 is 0 Å². The summed E-state index contributed by atoms with van der Waals surface area (Å²) in [5.41, 5.74) is 1.09. The topological polar surface area (TPSA) is 51.0 Å². The van der Waals surface area contributed by atoms with Gasteiger partial charge in [0.25, 0.3) is 0 Å². The number of amides is 1. The van der Waals surface area contributed by atoms with E-state index in [9.17, 15) is 9.18 Å². The van der Waals surface area contributed by atoms with Crippen molar-refractivity contribution in [1.29, 1.82) is 0 Å². The fourth-order valence-corrected chi connectivity index (χ4v) is 2.55. The van der Waals surface area contributed by atoms with E-state index in [4.69, 9.17) is 0 Å². The zero-order valence-corrected chi connectivity index (χ0v) is 10.9. The van der Waals surface area contributed by atoms with Gasteiger partial charge in [-0.05, 0) is 24.1 Å². The molecule has 1 unspecified atom stereocenters. The van der Waals surface area contributed by atoms with E-state index in [1.54, 1.807) is 16.7 Å². The van der Waals surface area contributed by atoms with Crippen LogP contribution in [0.5, 0.6) is 0 Å². The SMILES string of the molecule is O=C(Cn1cnnc1)N1CCC(c2ccc(F)cc2)C1.